The first kappa shape index (κ1) is 44.4. The van der Waals surface area contributed by atoms with Crippen molar-refractivity contribution < 1.29 is 58.7 Å². The van der Waals surface area contributed by atoms with Crippen LogP contribution >= 0.6 is 0 Å². The molecule has 3 fully saturated rings. The minimum Gasteiger partial charge on any atom is -0.459 e. The topological polar surface area (TPSA) is 189 Å². The Morgan fingerprint density at radius 2 is 1.59 bits per heavy atom. The van der Waals surface area contributed by atoms with Crippen molar-refractivity contribution in [3.63, 3.8) is 0 Å². The first-order chi connectivity index (χ1) is 23.5. The lowest BCUT2D eigenvalue weighted by Crippen LogP contribution is -2.60. The fourth-order valence-corrected chi connectivity index (χ4v) is 8.53. The summed E-state index contributed by atoms with van der Waals surface area (Å²) in [6.07, 6.45) is -8.24. The maximum absolute atomic E-state index is 14.2. The molecule has 3 heterocycles. The summed E-state index contributed by atoms with van der Waals surface area (Å²) in [5.41, 5.74) is -4.37. The van der Waals surface area contributed by atoms with Gasteiger partial charge in [0.15, 0.2) is 12.6 Å². The molecular formula is C37H70N2O12. The average Bonchev–Trinajstić information content (AvgIpc) is 3.05. The van der Waals surface area contributed by atoms with E-state index in [1.807, 2.05) is 32.7 Å². The number of nitrogens with one attached hydrogen (secondary N) is 1. The van der Waals surface area contributed by atoms with Crippen LogP contribution in [0.25, 0.3) is 0 Å². The predicted molar refractivity (Wildman–Crippen MR) is 190 cm³/mol. The molecule has 0 radical (unpaired) electrons. The molecule has 0 spiro atoms. The maximum Gasteiger partial charge on any atom is 0.311 e. The summed E-state index contributed by atoms with van der Waals surface area (Å²) in [5, 5.41) is 61.0. The van der Waals surface area contributed by atoms with E-state index in [0.717, 1.165) is 0 Å². The van der Waals surface area contributed by atoms with E-state index in [4.69, 9.17) is 28.4 Å². The zero-order chi connectivity index (χ0) is 38.8. The molecule has 6 N–H and O–H groups in total. The van der Waals surface area contributed by atoms with E-state index in [0.29, 0.717) is 13.0 Å². The Kier molecular flexibility index (Phi) is 15.3. The SMILES string of the molecule is CC[C@H]1OC(=O)[C@H](C)[C@@H](O[C@H]2C[C@](C)(OC)[C@@H](O)C(C)O2)[C@H](C)[C@@H](O[C@@H]2OC(C)C[C@@H](NC)C2O)[C@](C)(O)C[C@@H](C)CN(C)[C@H](C)[C@@H](O)[C@]1(C)O. The average molecular weight is 735 g/mol. The second-order valence-corrected chi connectivity index (χ2v) is 16.5. The van der Waals surface area contributed by atoms with Crippen LogP contribution in [0.15, 0.2) is 0 Å². The number of nitrogens with zero attached hydrogens (tertiary/aromatic N) is 1. The number of likely N-dealkylation sites (N-methyl/N-ethyl adjacent to an activating group) is 2. The van der Waals surface area contributed by atoms with Crippen molar-refractivity contribution in [1.29, 1.82) is 0 Å². The number of esters is 1. The van der Waals surface area contributed by atoms with Crippen LogP contribution in [0.2, 0.25) is 0 Å². The van der Waals surface area contributed by atoms with Gasteiger partial charge in [-0.2, -0.15) is 0 Å². The van der Waals surface area contributed by atoms with Gasteiger partial charge in [-0.15, -0.1) is 0 Å². The molecule has 300 valence electrons. The molecule has 0 aromatic heterocycles. The van der Waals surface area contributed by atoms with E-state index in [1.165, 1.54) is 14.0 Å². The third-order valence-corrected chi connectivity index (χ3v) is 11.9. The molecule has 14 nitrogen and oxygen atoms in total. The van der Waals surface area contributed by atoms with E-state index < -0.39 is 96.0 Å². The molecule has 3 unspecified atom stereocenters. The maximum atomic E-state index is 14.2. The fraction of sp³-hybridized carbons (Fsp3) is 0.973. The van der Waals surface area contributed by atoms with Crippen LogP contribution in [0.3, 0.4) is 0 Å². The van der Waals surface area contributed by atoms with Gasteiger partial charge in [-0.05, 0) is 87.7 Å². The molecule has 14 heteroatoms. The molecular weight excluding hydrogens is 664 g/mol. The molecule has 0 aliphatic carbocycles. The summed E-state index contributed by atoms with van der Waals surface area (Å²) in [7, 11) is 5.10. The highest BCUT2D eigenvalue weighted by atomic mass is 16.7. The number of aliphatic hydroxyl groups excluding tert-OH is 3. The normalized spacial score (nSPS) is 50.2. The van der Waals surface area contributed by atoms with Gasteiger partial charge in [0, 0.05) is 38.1 Å². The molecule has 3 aliphatic heterocycles. The summed E-state index contributed by atoms with van der Waals surface area (Å²) in [6.45, 7) is 18.0. The van der Waals surface area contributed by atoms with Crippen molar-refractivity contribution in [2.75, 3.05) is 27.7 Å². The summed E-state index contributed by atoms with van der Waals surface area (Å²) >= 11 is 0. The van der Waals surface area contributed by atoms with Crippen molar-refractivity contribution in [1.82, 2.24) is 10.2 Å². The minimum atomic E-state index is -1.80. The molecule has 18 atom stereocenters. The van der Waals surface area contributed by atoms with E-state index in [2.05, 4.69) is 5.32 Å². The molecule has 0 aromatic rings. The number of aliphatic hydroxyl groups is 5. The smallest absolute Gasteiger partial charge is 0.311 e. The quantitative estimate of drug-likeness (QED) is 0.207. The molecule has 3 saturated heterocycles. The number of rotatable bonds is 7. The summed E-state index contributed by atoms with van der Waals surface area (Å²) in [5.74, 6) is -2.59. The van der Waals surface area contributed by atoms with Crippen molar-refractivity contribution in [2.24, 2.45) is 17.8 Å². The van der Waals surface area contributed by atoms with Gasteiger partial charge in [0.1, 0.15) is 30.0 Å². The number of carbonyl (C=O) groups excluding carboxylic acids is 1. The summed E-state index contributed by atoms with van der Waals surface area (Å²) in [6, 6.07) is -0.858. The number of hydrogen-bond donors (Lipinski definition) is 6. The number of hydrogen-bond acceptors (Lipinski definition) is 14. The van der Waals surface area contributed by atoms with Gasteiger partial charge >= 0.3 is 5.97 Å². The number of cyclic esters (lactones) is 1. The Hall–Kier alpha value is -1.01. The molecule has 0 amide bonds. The third kappa shape index (κ3) is 10.0. The number of methoxy groups -OCH3 is 1. The highest BCUT2D eigenvalue weighted by Gasteiger charge is 2.52. The Labute approximate surface area is 305 Å². The van der Waals surface area contributed by atoms with Crippen molar-refractivity contribution in [3.8, 4) is 0 Å². The van der Waals surface area contributed by atoms with Crippen LogP contribution in [0, 0.1) is 17.8 Å². The van der Waals surface area contributed by atoms with Crippen molar-refractivity contribution in [3.05, 3.63) is 0 Å². The van der Waals surface area contributed by atoms with Crippen molar-refractivity contribution in [2.45, 2.75) is 185 Å². The van der Waals surface area contributed by atoms with Crippen LogP contribution in [0.1, 0.15) is 94.9 Å². The van der Waals surface area contributed by atoms with Gasteiger partial charge in [0.05, 0.1) is 41.5 Å². The summed E-state index contributed by atoms with van der Waals surface area (Å²) in [4.78, 5) is 16.1. The highest BCUT2D eigenvalue weighted by molar-refractivity contribution is 5.73. The monoisotopic (exact) mass is 734 g/mol. The number of carbonyl (C=O) groups is 1. The Balaban J connectivity index is 2.16. The van der Waals surface area contributed by atoms with Gasteiger partial charge in [-0.1, -0.05) is 20.8 Å². The first-order valence-electron chi connectivity index (χ1n) is 18.8. The first-order valence-corrected chi connectivity index (χ1v) is 18.8. The number of ether oxygens (including phenoxy) is 6. The van der Waals surface area contributed by atoms with Crippen LogP contribution in [0.5, 0.6) is 0 Å². The van der Waals surface area contributed by atoms with E-state index in [-0.39, 0.29) is 37.3 Å². The molecule has 51 heavy (non-hydrogen) atoms. The van der Waals surface area contributed by atoms with Crippen molar-refractivity contribution >= 4 is 5.97 Å². The van der Waals surface area contributed by atoms with Gasteiger partial charge in [-0.25, -0.2) is 0 Å². The highest BCUT2D eigenvalue weighted by Crippen LogP contribution is 2.40. The predicted octanol–water partition coefficient (Wildman–Crippen LogP) is 1.56. The van der Waals surface area contributed by atoms with E-state index in [1.54, 1.807) is 48.6 Å². The van der Waals surface area contributed by atoms with Crippen LogP contribution in [0.4, 0.5) is 0 Å². The van der Waals surface area contributed by atoms with Crippen LogP contribution in [-0.2, 0) is 33.2 Å². The van der Waals surface area contributed by atoms with E-state index >= 15 is 0 Å². The van der Waals surface area contributed by atoms with Gasteiger partial charge < -0.3 is 64.2 Å². The zero-order valence-corrected chi connectivity index (χ0v) is 33.2. The van der Waals surface area contributed by atoms with Gasteiger partial charge in [-0.3, -0.25) is 4.79 Å². The van der Waals surface area contributed by atoms with Crippen LogP contribution in [-0.4, -0.2) is 154 Å². The lowest BCUT2D eigenvalue weighted by atomic mass is 9.77. The second kappa shape index (κ2) is 17.6. The Morgan fingerprint density at radius 1 is 0.961 bits per heavy atom. The fourth-order valence-electron chi connectivity index (χ4n) is 8.53. The van der Waals surface area contributed by atoms with Gasteiger partial charge in [0.25, 0.3) is 0 Å². The summed E-state index contributed by atoms with van der Waals surface area (Å²) < 4.78 is 37.3. The molecule has 3 rings (SSSR count). The molecule has 0 bridgehead atoms. The largest absolute Gasteiger partial charge is 0.459 e. The van der Waals surface area contributed by atoms with Crippen LogP contribution < -0.4 is 5.32 Å². The molecule has 3 aliphatic rings. The minimum absolute atomic E-state index is 0.132. The second-order valence-electron chi connectivity index (χ2n) is 16.5. The van der Waals surface area contributed by atoms with E-state index in [9.17, 15) is 30.3 Å². The zero-order valence-electron chi connectivity index (χ0n) is 33.2. The third-order valence-electron chi connectivity index (χ3n) is 11.9. The Morgan fingerprint density at radius 3 is 2.16 bits per heavy atom. The molecule has 0 saturated carbocycles. The Bertz CT molecular complexity index is 1110. The van der Waals surface area contributed by atoms with Gasteiger partial charge in [0.2, 0.25) is 0 Å². The lowest BCUT2D eigenvalue weighted by Gasteiger charge is -2.48. The standard InChI is InChI=1S/C37H70N2O12/c1-14-26-37(10,45)30(41)23(6)39(12)18-19(2)16-35(8,44)32(51-34-28(40)25(38-11)15-20(3)47-34)21(4)29(22(5)33(43)49-26)50-27-17-36(9,46-13)31(42)24(7)48-27/h19-32,34,38,40-42,44-45H,14-18H2,1-13H3/t19-,20?,21+,22-,23-,24?,25-,26-,27+,28?,29+,30-,31+,32-,34+,35-,36+,37-/m1/s1. The lowest BCUT2D eigenvalue weighted by molar-refractivity contribution is -0.316. The molecule has 0 aromatic carbocycles.